The van der Waals surface area contributed by atoms with Crippen LogP contribution in [0.1, 0.15) is 11.1 Å². The summed E-state index contributed by atoms with van der Waals surface area (Å²) >= 11 is 0. The summed E-state index contributed by atoms with van der Waals surface area (Å²) in [5, 5.41) is 18.5. The lowest BCUT2D eigenvalue weighted by Gasteiger charge is -2.13. The maximum absolute atomic E-state index is 13.3. The van der Waals surface area contributed by atoms with Gasteiger partial charge in [0, 0.05) is 17.8 Å². The first kappa shape index (κ1) is 20.3. The first-order valence-electron chi connectivity index (χ1n) is 7.49. The van der Waals surface area contributed by atoms with Crippen molar-refractivity contribution in [2.24, 2.45) is 5.14 Å². The highest BCUT2D eigenvalue weighted by molar-refractivity contribution is 7.89. The fraction of sp³-hybridized carbons (Fsp3) is 0.188. The van der Waals surface area contributed by atoms with Gasteiger partial charge in [-0.15, -0.1) is 0 Å². The topological polar surface area (TPSA) is 142 Å². The Bertz CT molecular complexity index is 1020. The Balaban J connectivity index is 2.19. The lowest BCUT2D eigenvalue weighted by molar-refractivity contribution is -0.385. The normalized spacial score (nSPS) is 11.1. The zero-order valence-corrected chi connectivity index (χ0v) is 15.2. The molecule has 3 N–H and O–H groups in total. The summed E-state index contributed by atoms with van der Waals surface area (Å²) in [6.45, 7) is 2.66. The number of hydrogen-bond acceptors (Lipinski definition) is 6. The van der Waals surface area contributed by atoms with Crippen LogP contribution in [-0.4, -0.2) is 25.9 Å². The number of nitrogens with one attached hydrogen (secondary N) is 1. The Morgan fingerprint density at radius 1 is 1.30 bits per heavy atom. The SMILES string of the molecule is Cc1cc(S(N)(=O)=O)cc(NC(=O)COc2cc(F)ccc2[N+](=O)[O-])c1C. The highest BCUT2D eigenvalue weighted by atomic mass is 32.2. The maximum atomic E-state index is 13.3. The van der Waals surface area contributed by atoms with E-state index in [0.29, 0.717) is 11.1 Å². The average Bonchev–Trinajstić information content (AvgIpc) is 2.55. The van der Waals surface area contributed by atoms with Crippen LogP contribution in [0, 0.1) is 29.8 Å². The molecule has 144 valence electrons. The van der Waals surface area contributed by atoms with Crippen LogP contribution in [0.3, 0.4) is 0 Å². The first-order valence-corrected chi connectivity index (χ1v) is 9.04. The molecule has 0 radical (unpaired) electrons. The van der Waals surface area contributed by atoms with Gasteiger partial charge in [-0.1, -0.05) is 0 Å². The number of nitro benzene ring substituents is 1. The summed E-state index contributed by atoms with van der Waals surface area (Å²) in [7, 11) is -3.97. The zero-order chi connectivity index (χ0) is 20.4. The molecule has 2 aromatic rings. The Labute approximate surface area is 154 Å². The minimum absolute atomic E-state index is 0.178. The van der Waals surface area contributed by atoms with Crippen molar-refractivity contribution in [2.75, 3.05) is 11.9 Å². The lowest BCUT2D eigenvalue weighted by Crippen LogP contribution is -2.22. The predicted octanol–water partition coefficient (Wildman–Crippen LogP) is 2.02. The average molecular weight is 397 g/mol. The van der Waals surface area contributed by atoms with Crippen molar-refractivity contribution >= 4 is 27.3 Å². The molecule has 0 aliphatic rings. The fourth-order valence-electron chi connectivity index (χ4n) is 2.20. The van der Waals surface area contributed by atoms with Crippen LogP contribution in [0.4, 0.5) is 15.8 Å². The van der Waals surface area contributed by atoms with Crippen molar-refractivity contribution < 1.29 is 27.3 Å². The highest BCUT2D eigenvalue weighted by Crippen LogP contribution is 2.28. The number of nitrogens with zero attached hydrogens (tertiary/aromatic N) is 1. The number of primary sulfonamides is 1. The molecule has 0 unspecified atom stereocenters. The van der Waals surface area contributed by atoms with Crippen LogP contribution in [0.15, 0.2) is 35.2 Å². The number of ether oxygens (including phenoxy) is 1. The number of carbonyl (C=O) groups excluding carboxylic acids is 1. The molecule has 0 fully saturated rings. The molecular formula is C16H16FN3O6S. The van der Waals surface area contributed by atoms with Crippen molar-refractivity contribution in [3.63, 3.8) is 0 Å². The molecule has 11 heteroatoms. The second kappa shape index (κ2) is 7.68. The third-order valence-electron chi connectivity index (χ3n) is 3.72. The van der Waals surface area contributed by atoms with Gasteiger partial charge in [-0.2, -0.15) is 0 Å². The summed E-state index contributed by atoms with van der Waals surface area (Å²) in [4.78, 5) is 22.1. The van der Waals surface area contributed by atoms with Crippen molar-refractivity contribution in [3.05, 3.63) is 57.4 Å². The molecule has 0 aromatic heterocycles. The smallest absolute Gasteiger partial charge is 0.311 e. The van der Waals surface area contributed by atoms with Crippen molar-refractivity contribution in [3.8, 4) is 5.75 Å². The van der Waals surface area contributed by atoms with Crippen molar-refractivity contribution in [2.45, 2.75) is 18.7 Å². The van der Waals surface area contributed by atoms with E-state index in [-0.39, 0.29) is 10.6 Å². The van der Waals surface area contributed by atoms with Crippen molar-refractivity contribution in [1.29, 1.82) is 0 Å². The molecule has 0 bridgehead atoms. The van der Waals surface area contributed by atoms with E-state index >= 15 is 0 Å². The number of aryl methyl sites for hydroxylation is 1. The highest BCUT2D eigenvalue weighted by Gasteiger charge is 2.18. The van der Waals surface area contributed by atoms with Crippen LogP contribution < -0.4 is 15.2 Å². The van der Waals surface area contributed by atoms with Gasteiger partial charge in [0.25, 0.3) is 5.91 Å². The van der Waals surface area contributed by atoms with Crippen LogP contribution in [-0.2, 0) is 14.8 Å². The van der Waals surface area contributed by atoms with Gasteiger partial charge in [-0.05, 0) is 43.2 Å². The minimum Gasteiger partial charge on any atom is -0.477 e. The maximum Gasteiger partial charge on any atom is 0.311 e. The molecule has 1 amide bonds. The number of anilines is 1. The number of nitrogens with two attached hydrogens (primary N) is 1. The number of carbonyl (C=O) groups is 1. The number of hydrogen-bond donors (Lipinski definition) is 2. The number of sulfonamides is 1. The van der Waals surface area contributed by atoms with E-state index < -0.39 is 44.7 Å². The second-order valence-electron chi connectivity index (χ2n) is 5.66. The molecule has 0 spiro atoms. The van der Waals surface area contributed by atoms with E-state index in [1.807, 2.05) is 0 Å². The van der Waals surface area contributed by atoms with E-state index in [0.717, 1.165) is 18.2 Å². The molecule has 0 atom stereocenters. The second-order valence-corrected chi connectivity index (χ2v) is 7.23. The van der Waals surface area contributed by atoms with Gasteiger partial charge >= 0.3 is 5.69 Å². The van der Waals surface area contributed by atoms with Crippen LogP contribution >= 0.6 is 0 Å². The first-order chi connectivity index (χ1) is 12.5. The van der Waals surface area contributed by atoms with E-state index in [1.165, 1.54) is 12.1 Å². The Kier molecular flexibility index (Phi) is 5.76. The van der Waals surface area contributed by atoms with Gasteiger partial charge < -0.3 is 10.1 Å². The van der Waals surface area contributed by atoms with Crippen LogP contribution in [0.25, 0.3) is 0 Å². The van der Waals surface area contributed by atoms with Gasteiger partial charge in [0.05, 0.1) is 9.82 Å². The quantitative estimate of drug-likeness (QED) is 0.564. The van der Waals surface area contributed by atoms with Crippen LogP contribution in [0.2, 0.25) is 0 Å². The number of amides is 1. The number of nitro groups is 1. The molecule has 0 aliphatic heterocycles. The van der Waals surface area contributed by atoms with Crippen LogP contribution in [0.5, 0.6) is 5.75 Å². The molecule has 2 aromatic carbocycles. The van der Waals surface area contributed by atoms with Gasteiger partial charge in [0.1, 0.15) is 5.82 Å². The minimum atomic E-state index is -3.97. The summed E-state index contributed by atoms with van der Waals surface area (Å²) in [5.41, 5.74) is 0.889. The van der Waals surface area contributed by atoms with Gasteiger partial charge in [-0.3, -0.25) is 14.9 Å². The summed E-state index contributed by atoms with van der Waals surface area (Å²) in [6, 6.07) is 5.18. The van der Waals surface area contributed by atoms with Gasteiger partial charge in [0.2, 0.25) is 15.8 Å². The Morgan fingerprint density at radius 2 is 1.96 bits per heavy atom. The monoisotopic (exact) mass is 397 g/mol. The number of benzene rings is 2. The molecule has 0 saturated heterocycles. The molecular weight excluding hydrogens is 381 g/mol. The van der Waals surface area contributed by atoms with E-state index in [4.69, 9.17) is 9.88 Å². The van der Waals surface area contributed by atoms with E-state index in [2.05, 4.69) is 5.32 Å². The molecule has 0 aliphatic carbocycles. The fourth-order valence-corrected chi connectivity index (χ4v) is 2.83. The number of rotatable bonds is 6. The van der Waals surface area contributed by atoms with Gasteiger partial charge in [0.15, 0.2) is 6.61 Å². The zero-order valence-electron chi connectivity index (χ0n) is 14.4. The predicted molar refractivity (Wildman–Crippen MR) is 94.5 cm³/mol. The summed E-state index contributed by atoms with van der Waals surface area (Å²) < 4.78 is 41.3. The molecule has 2 rings (SSSR count). The van der Waals surface area contributed by atoms with E-state index in [1.54, 1.807) is 13.8 Å². The standard InChI is InChI=1S/C16H16FN3O6S/c1-9-5-12(27(18,24)25)7-13(10(9)2)19-16(21)8-26-15-6-11(17)3-4-14(15)20(22)23/h3-7H,8H2,1-2H3,(H,19,21)(H2,18,24,25). The largest absolute Gasteiger partial charge is 0.477 e. The number of halogens is 1. The Morgan fingerprint density at radius 3 is 2.56 bits per heavy atom. The summed E-state index contributed by atoms with van der Waals surface area (Å²) in [5.74, 6) is -1.88. The Hall–Kier alpha value is -3.05. The molecule has 27 heavy (non-hydrogen) atoms. The lowest BCUT2D eigenvalue weighted by atomic mass is 10.1. The van der Waals surface area contributed by atoms with Gasteiger partial charge in [-0.25, -0.2) is 17.9 Å². The third kappa shape index (κ3) is 4.99. The molecule has 9 nitrogen and oxygen atoms in total. The van der Waals surface area contributed by atoms with E-state index in [9.17, 15) is 27.7 Å². The summed E-state index contributed by atoms with van der Waals surface area (Å²) in [6.07, 6.45) is 0. The molecule has 0 saturated carbocycles. The van der Waals surface area contributed by atoms with Crippen molar-refractivity contribution in [1.82, 2.24) is 0 Å². The third-order valence-corrected chi connectivity index (χ3v) is 4.61. The molecule has 0 heterocycles.